The van der Waals surface area contributed by atoms with Gasteiger partial charge in [0.15, 0.2) is 27.3 Å². The monoisotopic (exact) mass is 467 g/mol. The van der Waals surface area contributed by atoms with Crippen molar-refractivity contribution >= 4 is 39.8 Å². The van der Waals surface area contributed by atoms with Gasteiger partial charge in [-0.15, -0.1) is 24.0 Å². The molecule has 1 unspecified atom stereocenters. The maximum Gasteiger partial charge on any atom is 0.231 e. The van der Waals surface area contributed by atoms with Gasteiger partial charge >= 0.3 is 0 Å². The Labute approximate surface area is 159 Å². The van der Waals surface area contributed by atoms with E-state index >= 15 is 0 Å². The molecule has 1 fully saturated rings. The van der Waals surface area contributed by atoms with E-state index in [0.717, 1.165) is 17.1 Å². The first-order chi connectivity index (χ1) is 11.1. The normalized spacial score (nSPS) is 21.2. The molecular formula is C15H22IN3O4S. The lowest BCUT2D eigenvalue weighted by atomic mass is 10.1. The molecule has 0 saturated carbocycles. The second-order valence-corrected chi connectivity index (χ2v) is 7.99. The molecule has 1 saturated heterocycles. The first-order valence-electron chi connectivity index (χ1n) is 7.59. The van der Waals surface area contributed by atoms with Crippen LogP contribution < -0.4 is 20.1 Å². The van der Waals surface area contributed by atoms with Crippen LogP contribution in [0.1, 0.15) is 12.0 Å². The third-order valence-corrected chi connectivity index (χ3v) is 5.84. The van der Waals surface area contributed by atoms with Gasteiger partial charge < -0.3 is 20.1 Å². The van der Waals surface area contributed by atoms with Crippen molar-refractivity contribution < 1.29 is 17.9 Å². The van der Waals surface area contributed by atoms with E-state index in [1.54, 1.807) is 7.05 Å². The third-order valence-electron chi connectivity index (χ3n) is 4.01. The number of hydrogen-bond acceptors (Lipinski definition) is 5. The van der Waals surface area contributed by atoms with E-state index in [9.17, 15) is 8.42 Å². The van der Waals surface area contributed by atoms with Gasteiger partial charge in [-0.25, -0.2) is 8.42 Å². The summed E-state index contributed by atoms with van der Waals surface area (Å²) in [7, 11) is -1.14. The number of sulfone groups is 1. The largest absolute Gasteiger partial charge is 0.454 e. The lowest BCUT2D eigenvalue weighted by molar-refractivity contribution is 0.174. The molecule has 0 spiro atoms. The minimum absolute atomic E-state index is 0. The number of nitrogens with one attached hydrogen (secondary N) is 2. The Morgan fingerprint density at radius 2 is 2.08 bits per heavy atom. The summed E-state index contributed by atoms with van der Waals surface area (Å²) in [6.07, 6.45) is 0.717. The summed E-state index contributed by atoms with van der Waals surface area (Å²) in [6, 6.07) is 5.79. The van der Waals surface area contributed by atoms with Gasteiger partial charge in [0.25, 0.3) is 0 Å². The van der Waals surface area contributed by atoms with Gasteiger partial charge in [0.1, 0.15) is 0 Å². The first kappa shape index (κ1) is 19.1. The number of nitrogens with zero attached hydrogens (tertiary/aromatic N) is 1. The van der Waals surface area contributed by atoms with Crippen molar-refractivity contribution in [3.63, 3.8) is 0 Å². The first-order valence-corrected chi connectivity index (χ1v) is 9.41. The minimum atomic E-state index is -2.84. The van der Waals surface area contributed by atoms with Crippen molar-refractivity contribution in [3.8, 4) is 11.5 Å². The van der Waals surface area contributed by atoms with E-state index in [4.69, 9.17) is 9.47 Å². The molecule has 2 aliphatic heterocycles. The van der Waals surface area contributed by atoms with Crippen molar-refractivity contribution in [2.24, 2.45) is 10.9 Å². The summed E-state index contributed by atoms with van der Waals surface area (Å²) >= 11 is 0. The average molecular weight is 467 g/mol. The maximum absolute atomic E-state index is 11.5. The number of guanidine groups is 1. The maximum atomic E-state index is 11.5. The highest BCUT2D eigenvalue weighted by Crippen LogP contribution is 2.32. The van der Waals surface area contributed by atoms with E-state index in [0.29, 0.717) is 31.2 Å². The Bertz CT molecular complexity index is 709. The van der Waals surface area contributed by atoms with Crippen molar-refractivity contribution in [1.82, 2.24) is 10.6 Å². The molecule has 0 radical (unpaired) electrons. The van der Waals surface area contributed by atoms with Crippen molar-refractivity contribution in [1.29, 1.82) is 0 Å². The number of ether oxygens (including phenoxy) is 2. The number of benzene rings is 1. The topological polar surface area (TPSA) is 89.0 Å². The highest BCUT2D eigenvalue weighted by atomic mass is 127. The molecule has 1 aromatic carbocycles. The van der Waals surface area contributed by atoms with E-state index in [-0.39, 0.29) is 42.4 Å². The Hall–Kier alpha value is -1.23. The van der Waals surface area contributed by atoms with Gasteiger partial charge in [-0.2, -0.15) is 0 Å². The van der Waals surface area contributed by atoms with Crippen LogP contribution in [0.15, 0.2) is 23.2 Å². The van der Waals surface area contributed by atoms with Crippen LogP contribution in [-0.2, 0) is 16.4 Å². The van der Waals surface area contributed by atoms with Crippen LogP contribution in [0.2, 0.25) is 0 Å². The van der Waals surface area contributed by atoms with Gasteiger partial charge in [0.05, 0.1) is 11.5 Å². The zero-order valence-electron chi connectivity index (χ0n) is 13.4. The van der Waals surface area contributed by atoms with Gasteiger partial charge in [0, 0.05) is 20.1 Å². The van der Waals surface area contributed by atoms with E-state index in [1.165, 1.54) is 0 Å². The van der Waals surface area contributed by atoms with Gasteiger partial charge in [-0.1, -0.05) is 6.07 Å². The molecule has 1 aromatic rings. The lowest BCUT2D eigenvalue weighted by Crippen LogP contribution is -2.39. The van der Waals surface area contributed by atoms with Crippen LogP contribution in [-0.4, -0.2) is 46.3 Å². The van der Waals surface area contributed by atoms with Crippen molar-refractivity contribution in [2.75, 3.05) is 31.9 Å². The third kappa shape index (κ3) is 4.88. The van der Waals surface area contributed by atoms with Gasteiger partial charge in [0.2, 0.25) is 6.79 Å². The highest BCUT2D eigenvalue weighted by molar-refractivity contribution is 14.0. The quantitative estimate of drug-likeness (QED) is 0.392. The van der Waals surface area contributed by atoms with Gasteiger partial charge in [-0.05, 0) is 30.0 Å². The summed E-state index contributed by atoms with van der Waals surface area (Å²) < 4.78 is 33.6. The zero-order valence-corrected chi connectivity index (χ0v) is 16.6. The van der Waals surface area contributed by atoms with Crippen LogP contribution in [0.25, 0.3) is 0 Å². The molecule has 1 atom stereocenters. The number of aliphatic imine (C=N–C) groups is 1. The molecule has 134 valence electrons. The fourth-order valence-electron chi connectivity index (χ4n) is 2.73. The molecule has 9 heteroatoms. The minimum Gasteiger partial charge on any atom is -0.454 e. The smallest absolute Gasteiger partial charge is 0.231 e. The molecule has 7 nitrogen and oxygen atoms in total. The summed E-state index contributed by atoms with van der Waals surface area (Å²) in [5, 5.41) is 6.40. The summed E-state index contributed by atoms with van der Waals surface area (Å²) in [4.78, 5) is 4.16. The predicted octanol–water partition coefficient (Wildman–Crippen LogP) is 1.13. The Balaban J connectivity index is 0.00000208. The van der Waals surface area contributed by atoms with E-state index in [2.05, 4.69) is 15.6 Å². The van der Waals surface area contributed by atoms with Crippen LogP contribution >= 0.6 is 24.0 Å². The van der Waals surface area contributed by atoms with Crippen LogP contribution in [0.5, 0.6) is 11.5 Å². The fraction of sp³-hybridized carbons (Fsp3) is 0.533. The lowest BCUT2D eigenvalue weighted by Gasteiger charge is -2.14. The van der Waals surface area contributed by atoms with Gasteiger partial charge in [-0.3, -0.25) is 4.99 Å². The molecule has 0 amide bonds. The van der Waals surface area contributed by atoms with Crippen LogP contribution in [0, 0.1) is 5.92 Å². The molecule has 3 rings (SSSR count). The summed E-state index contributed by atoms with van der Waals surface area (Å²) in [5.74, 6) is 2.89. The Kier molecular flexibility index (Phi) is 6.55. The molecule has 24 heavy (non-hydrogen) atoms. The Morgan fingerprint density at radius 1 is 1.29 bits per heavy atom. The zero-order chi connectivity index (χ0) is 16.3. The molecule has 0 aromatic heterocycles. The SMILES string of the molecule is CN=C(NCc1ccc2c(c1)OCO2)NCC1CCS(=O)(=O)C1.I. The van der Waals surface area contributed by atoms with Crippen LogP contribution in [0.4, 0.5) is 0 Å². The number of rotatable bonds is 4. The highest BCUT2D eigenvalue weighted by Gasteiger charge is 2.27. The molecule has 2 aliphatic rings. The molecule has 2 N–H and O–H groups in total. The number of halogens is 1. The molecule has 2 heterocycles. The van der Waals surface area contributed by atoms with Crippen molar-refractivity contribution in [3.05, 3.63) is 23.8 Å². The standard InChI is InChI=1S/C15H21N3O4S.HI/c1-16-15(18-8-12-4-5-23(19,20)9-12)17-7-11-2-3-13-14(6-11)22-10-21-13;/h2-3,6,12H,4-5,7-10H2,1H3,(H2,16,17,18);1H. The van der Waals surface area contributed by atoms with Crippen LogP contribution in [0.3, 0.4) is 0 Å². The average Bonchev–Trinajstić information content (AvgIpc) is 3.12. The summed E-state index contributed by atoms with van der Waals surface area (Å²) in [6.45, 7) is 1.47. The molecule has 0 bridgehead atoms. The fourth-order valence-corrected chi connectivity index (χ4v) is 4.59. The molecular weight excluding hydrogens is 445 g/mol. The van der Waals surface area contributed by atoms with E-state index in [1.807, 2.05) is 18.2 Å². The van der Waals surface area contributed by atoms with Crippen molar-refractivity contribution in [2.45, 2.75) is 13.0 Å². The Morgan fingerprint density at radius 3 is 2.79 bits per heavy atom. The second-order valence-electron chi connectivity index (χ2n) is 5.76. The number of hydrogen-bond donors (Lipinski definition) is 2. The van der Waals surface area contributed by atoms with E-state index < -0.39 is 9.84 Å². The molecule has 0 aliphatic carbocycles. The predicted molar refractivity (Wildman–Crippen MR) is 103 cm³/mol. The number of fused-ring (bicyclic) bond motifs is 1. The second kappa shape index (κ2) is 8.24. The summed E-state index contributed by atoms with van der Waals surface area (Å²) in [5.41, 5.74) is 1.06.